The second kappa shape index (κ2) is 4.38. The summed E-state index contributed by atoms with van der Waals surface area (Å²) in [5.74, 6) is -1.05. The molecule has 0 amide bonds. The molecule has 0 saturated heterocycles. The highest BCUT2D eigenvalue weighted by Crippen LogP contribution is 2.17. The van der Waals surface area contributed by atoms with E-state index in [4.69, 9.17) is 0 Å². The molecule has 6 nitrogen and oxygen atoms in total. The molecule has 0 bridgehead atoms. The van der Waals surface area contributed by atoms with Crippen LogP contribution in [0.5, 0.6) is 0 Å². The molecule has 0 aromatic rings. The molecule has 0 spiro atoms. The fraction of sp³-hybridized carbons (Fsp3) is 1.00. The van der Waals surface area contributed by atoms with Crippen molar-refractivity contribution in [3.05, 3.63) is 0 Å². The van der Waals surface area contributed by atoms with Crippen LogP contribution in [0.25, 0.3) is 0 Å². The maximum atomic E-state index is 11.4. The maximum Gasteiger partial charge on any atom is 0.262 e. The Morgan fingerprint density at radius 3 is 1.20 bits per heavy atom. The Kier molecular flexibility index (Phi) is 4.34. The Balaban J connectivity index is 5.95. The summed E-state index contributed by atoms with van der Waals surface area (Å²) in [6.45, 7) is 2.41. The Bertz CT molecular complexity index is 475. The molecular formula is C6H14O6S3. The van der Waals surface area contributed by atoms with Crippen molar-refractivity contribution in [3.8, 4) is 0 Å². The molecule has 0 rings (SSSR count). The molecule has 0 N–H and O–H groups in total. The minimum Gasteiger partial charge on any atom is -0.227 e. The highest BCUT2D eigenvalue weighted by atomic mass is 32.3. The van der Waals surface area contributed by atoms with E-state index in [2.05, 4.69) is 0 Å². The largest absolute Gasteiger partial charge is 0.262 e. The number of hydrogen-bond acceptors (Lipinski definition) is 6. The van der Waals surface area contributed by atoms with Gasteiger partial charge in [0.25, 0.3) is 3.91 Å². The Hall–Kier alpha value is -0.150. The summed E-state index contributed by atoms with van der Waals surface area (Å²) < 4.78 is 65.6. The van der Waals surface area contributed by atoms with Gasteiger partial charge in [0.05, 0.1) is 0 Å². The van der Waals surface area contributed by atoms with Gasteiger partial charge in [-0.2, -0.15) is 0 Å². The van der Waals surface area contributed by atoms with Gasteiger partial charge in [-0.05, 0) is 0 Å². The molecule has 0 atom stereocenters. The fourth-order valence-corrected chi connectivity index (χ4v) is 9.25. The molecular weight excluding hydrogens is 264 g/mol. The van der Waals surface area contributed by atoms with E-state index in [0.29, 0.717) is 6.26 Å². The van der Waals surface area contributed by atoms with Gasteiger partial charge >= 0.3 is 0 Å². The van der Waals surface area contributed by atoms with Crippen LogP contribution in [0.3, 0.4) is 0 Å². The molecule has 0 aliphatic heterocycles. The monoisotopic (exact) mass is 278 g/mol. The van der Waals surface area contributed by atoms with Crippen LogP contribution >= 0.6 is 0 Å². The summed E-state index contributed by atoms with van der Waals surface area (Å²) in [6, 6.07) is 0. The third-order valence-electron chi connectivity index (χ3n) is 1.74. The topological polar surface area (TPSA) is 102 Å². The van der Waals surface area contributed by atoms with E-state index in [0.717, 1.165) is 0 Å². The molecule has 0 aliphatic rings. The van der Waals surface area contributed by atoms with Gasteiger partial charge in [0.15, 0.2) is 29.5 Å². The van der Waals surface area contributed by atoms with Gasteiger partial charge in [-0.3, -0.25) is 0 Å². The van der Waals surface area contributed by atoms with E-state index in [1.807, 2.05) is 0 Å². The summed E-state index contributed by atoms with van der Waals surface area (Å²) >= 11 is 0. The minimum absolute atomic E-state index is 0.524. The van der Waals surface area contributed by atoms with E-state index in [9.17, 15) is 25.3 Å². The van der Waals surface area contributed by atoms with Gasteiger partial charge in [0.1, 0.15) is 0 Å². The standard InChI is InChI=1S/C6H14O6S3/c1-4-14(9,10)6(13(3,7)8)15(11,12)5-2/h6H,4-5H2,1-3H3. The molecule has 0 aliphatic carbocycles. The highest BCUT2D eigenvalue weighted by Gasteiger charge is 2.43. The van der Waals surface area contributed by atoms with Gasteiger partial charge in [-0.25, -0.2) is 25.3 Å². The maximum absolute atomic E-state index is 11.4. The molecule has 0 saturated carbocycles. The van der Waals surface area contributed by atoms with Crippen LogP contribution in [0.1, 0.15) is 13.8 Å². The van der Waals surface area contributed by atoms with Crippen molar-refractivity contribution >= 4 is 29.5 Å². The Labute approximate surface area is 90.4 Å². The lowest BCUT2D eigenvalue weighted by molar-refractivity contribution is 0.576. The summed E-state index contributed by atoms with van der Waals surface area (Å²) in [5, 5.41) is 0. The minimum atomic E-state index is -4.18. The zero-order valence-electron chi connectivity index (χ0n) is 8.67. The van der Waals surface area contributed by atoms with E-state index in [1.165, 1.54) is 13.8 Å². The second-order valence-corrected chi connectivity index (χ2v) is 10.8. The van der Waals surface area contributed by atoms with Crippen molar-refractivity contribution in [1.29, 1.82) is 0 Å². The van der Waals surface area contributed by atoms with Gasteiger partial charge in [0, 0.05) is 17.8 Å². The van der Waals surface area contributed by atoms with Crippen molar-refractivity contribution in [2.24, 2.45) is 0 Å². The van der Waals surface area contributed by atoms with E-state index < -0.39 is 44.9 Å². The lowest BCUT2D eigenvalue weighted by Gasteiger charge is -2.14. The lowest BCUT2D eigenvalue weighted by atomic mass is 11.0. The molecule has 92 valence electrons. The first-order chi connectivity index (χ1) is 6.49. The quantitative estimate of drug-likeness (QED) is 0.651. The zero-order chi connectivity index (χ0) is 12.5. The molecule has 0 unspecified atom stereocenters. The van der Waals surface area contributed by atoms with Crippen molar-refractivity contribution in [3.63, 3.8) is 0 Å². The Morgan fingerprint density at radius 2 is 1.07 bits per heavy atom. The van der Waals surface area contributed by atoms with Crippen molar-refractivity contribution in [2.75, 3.05) is 17.8 Å². The predicted octanol–water partition coefficient (Wildman–Crippen LogP) is -0.816. The Morgan fingerprint density at radius 1 is 0.800 bits per heavy atom. The first-order valence-electron chi connectivity index (χ1n) is 4.11. The molecule has 0 aromatic carbocycles. The first-order valence-corrected chi connectivity index (χ1v) is 9.49. The first kappa shape index (κ1) is 14.8. The third kappa shape index (κ3) is 3.42. The zero-order valence-corrected chi connectivity index (χ0v) is 11.1. The molecule has 0 aromatic heterocycles. The van der Waals surface area contributed by atoms with E-state index in [-0.39, 0.29) is 0 Å². The lowest BCUT2D eigenvalue weighted by Crippen LogP contribution is -2.39. The molecule has 0 radical (unpaired) electrons. The fourth-order valence-electron chi connectivity index (χ4n) is 1.03. The van der Waals surface area contributed by atoms with Crippen LogP contribution in [0.2, 0.25) is 0 Å². The average Bonchev–Trinajstić information content (AvgIpc) is 2.00. The van der Waals surface area contributed by atoms with Crippen LogP contribution in [-0.4, -0.2) is 46.9 Å². The second-order valence-electron chi connectivity index (χ2n) is 3.02. The average molecular weight is 278 g/mol. The number of hydrogen-bond donors (Lipinski definition) is 0. The van der Waals surface area contributed by atoms with Crippen molar-refractivity contribution < 1.29 is 25.3 Å². The van der Waals surface area contributed by atoms with Gasteiger partial charge in [0.2, 0.25) is 0 Å². The van der Waals surface area contributed by atoms with Gasteiger partial charge in [-0.15, -0.1) is 0 Å². The number of sulfone groups is 3. The summed E-state index contributed by atoms with van der Waals surface area (Å²) in [6.07, 6.45) is 0.609. The summed E-state index contributed by atoms with van der Waals surface area (Å²) in [7, 11) is -12.5. The number of rotatable bonds is 5. The predicted molar refractivity (Wildman–Crippen MR) is 57.6 cm³/mol. The molecule has 0 fully saturated rings. The van der Waals surface area contributed by atoms with Crippen LogP contribution in [0.15, 0.2) is 0 Å². The third-order valence-corrected chi connectivity index (χ3v) is 10.8. The van der Waals surface area contributed by atoms with Crippen molar-refractivity contribution in [1.82, 2.24) is 0 Å². The molecule has 9 heteroatoms. The SMILES string of the molecule is CCS(=O)(=O)C(S(C)(=O)=O)S(=O)(=O)CC. The van der Waals surface area contributed by atoms with Crippen LogP contribution in [-0.2, 0) is 29.5 Å². The van der Waals surface area contributed by atoms with E-state index in [1.54, 1.807) is 0 Å². The smallest absolute Gasteiger partial charge is 0.227 e. The van der Waals surface area contributed by atoms with E-state index >= 15 is 0 Å². The van der Waals surface area contributed by atoms with Crippen molar-refractivity contribution in [2.45, 2.75) is 17.8 Å². The van der Waals surface area contributed by atoms with Crippen LogP contribution in [0, 0.1) is 0 Å². The summed E-state index contributed by atoms with van der Waals surface area (Å²) in [4.78, 5) is 0. The molecule has 0 heterocycles. The van der Waals surface area contributed by atoms with Crippen LogP contribution < -0.4 is 0 Å². The summed E-state index contributed by atoms with van der Waals surface area (Å²) in [5.41, 5.74) is 0. The van der Waals surface area contributed by atoms with Gasteiger partial charge in [-0.1, -0.05) is 13.8 Å². The van der Waals surface area contributed by atoms with Crippen LogP contribution in [0.4, 0.5) is 0 Å². The highest BCUT2D eigenvalue weighted by molar-refractivity contribution is 8.24. The van der Waals surface area contributed by atoms with Gasteiger partial charge < -0.3 is 0 Å². The molecule has 15 heavy (non-hydrogen) atoms. The normalized spacial score (nSPS) is 14.4.